The van der Waals surface area contributed by atoms with Gasteiger partial charge in [0.05, 0.1) is 13.1 Å². The number of aliphatic hydroxyl groups is 1. The topological polar surface area (TPSA) is 52.6 Å². The number of hydrogen-bond acceptors (Lipinski definition) is 3. The van der Waals surface area contributed by atoms with Crippen molar-refractivity contribution >= 4 is 5.91 Å². The number of amides is 1. The fourth-order valence-corrected chi connectivity index (χ4v) is 3.81. The van der Waals surface area contributed by atoms with Gasteiger partial charge in [-0.15, -0.1) is 0 Å². The average Bonchev–Trinajstić information content (AvgIpc) is 2.56. The number of aryl methyl sites for hydroxylation is 1. The first-order chi connectivity index (χ1) is 11.1. The average molecular weight is 316 g/mol. The van der Waals surface area contributed by atoms with E-state index in [1.165, 1.54) is 18.4 Å². The van der Waals surface area contributed by atoms with E-state index in [2.05, 4.69) is 23.2 Å². The lowest BCUT2D eigenvalue weighted by Crippen LogP contribution is -2.47. The largest absolute Gasteiger partial charge is 0.383 e. The van der Waals surface area contributed by atoms with E-state index in [1.54, 1.807) is 0 Å². The molecule has 0 radical (unpaired) electrons. The van der Waals surface area contributed by atoms with Crippen LogP contribution in [0.1, 0.15) is 43.7 Å². The summed E-state index contributed by atoms with van der Waals surface area (Å²) in [6.07, 6.45) is 5.03. The number of nitrogens with zero attached hydrogens (tertiary/aromatic N) is 1. The maximum absolute atomic E-state index is 12.2. The normalized spacial score (nSPS) is 25.8. The van der Waals surface area contributed by atoms with Gasteiger partial charge in [-0.25, -0.2) is 0 Å². The molecule has 1 atom stereocenters. The van der Waals surface area contributed by atoms with Gasteiger partial charge in [0.2, 0.25) is 5.91 Å². The van der Waals surface area contributed by atoms with Crippen molar-refractivity contribution in [3.8, 4) is 0 Å². The van der Waals surface area contributed by atoms with E-state index in [0.29, 0.717) is 19.5 Å². The van der Waals surface area contributed by atoms with Gasteiger partial charge in [-0.05, 0) is 62.2 Å². The van der Waals surface area contributed by atoms with Crippen molar-refractivity contribution in [2.24, 2.45) is 5.92 Å². The number of likely N-dealkylation sites (tertiary alicyclic amines) is 1. The SMILES string of the molecule is CC1CCN(CC(=O)NCC2(O)CCCc3ccccc32)CC1. The van der Waals surface area contributed by atoms with Crippen molar-refractivity contribution in [3.05, 3.63) is 35.4 Å². The van der Waals surface area contributed by atoms with Crippen LogP contribution in [-0.4, -0.2) is 42.1 Å². The smallest absolute Gasteiger partial charge is 0.234 e. The van der Waals surface area contributed by atoms with Crippen molar-refractivity contribution in [1.29, 1.82) is 0 Å². The summed E-state index contributed by atoms with van der Waals surface area (Å²) in [4.78, 5) is 14.4. The zero-order valence-corrected chi connectivity index (χ0v) is 14.1. The third-order valence-corrected chi connectivity index (χ3v) is 5.38. The van der Waals surface area contributed by atoms with Crippen LogP contribution in [0.5, 0.6) is 0 Å². The lowest BCUT2D eigenvalue weighted by Gasteiger charge is -2.35. The molecule has 1 unspecified atom stereocenters. The van der Waals surface area contributed by atoms with Crippen molar-refractivity contribution in [3.63, 3.8) is 0 Å². The minimum atomic E-state index is -0.916. The van der Waals surface area contributed by atoms with Crippen LogP contribution in [0.2, 0.25) is 0 Å². The monoisotopic (exact) mass is 316 g/mol. The van der Waals surface area contributed by atoms with E-state index in [1.807, 2.05) is 18.2 Å². The molecule has 1 aromatic carbocycles. The summed E-state index contributed by atoms with van der Waals surface area (Å²) in [6.45, 7) is 5.04. The quantitative estimate of drug-likeness (QED) is 0.894. The number of fused-ring (bicyclic) bond motifs is 1. The molecule has 4 heteroatoms. The summed E-state index contributed by atoms with van der Waals surface area (Å²) >= 11 is 0. The highest BCUT2D eigenvalue weighted by atomic mass is 16.3. The molecule has 0 saturated carbocycles. The van der Waals surface area contributed by atoms with Gasteiger partial charge in [-0.1, -0.05) is 31.2 Å². The molecule has 2 aliphatic rings. The number of piperidine rings is 1. The van der Waals surface area contributed by atoms with Crippen LogP contribution in [-0.2, 0) is 16.8 Å². The van der Waals surface area contributed by atoms with Crippen LogP contribution in [0, 0.1) is 5.92 Å². The Bertz CT molecular complexity index is 552. The van der Waals surface area contributed by atoms with Gasteiger partial charge in [0, 0.05) is 0 Å². The summed E-state index contributed by atoms with van der Waals surface area (Å²) in [7, 11) is 0. The van der Waals surface area contributed by atoms with Gasteiger partial charge in [-0.2, -0.15) is 0 Å². The molecule has 0 spiro atoms. The van der Waals surface area contributed by atoms with Gasteiger partial charge in [0.25, 0.3) is 0 Å². The first kappa shape index (κ1) is 16.5. The van der Waals surface area contributed by atoms with Crippen molar-refractivity contribution in [1.82, 2.24) is 10.2 Å². The van der Waals surface area contributed by atoms with E-state index in [0.717, 1.165) is 37.4 Å². The predicted octanol–water partition coefficient (Wildman–Crippen LogP) is 2.06. The molecule has 1 heterocycles. The molecular weight excluding hydrogens is 288 g/mol. The second-order valence-electron chi connectivity index (χ2n) is 7.28. The van der Waals surface area contributed by atoms with Crippen LogP contribution >= 0.6 is 0 Å². The number of carbonyl (C=O) groups excluding carboxylic acids is 1. The van der Waals surface area contributed by atoms with Gasteiger partial charge < -0.3 is 10.4 Å². The molecule has 126 valence electrons. The Labute approximate surface area is 138 Å². The maximum Gasteiger partial charge on any atom is 0.234 e. The standard InChI is InChI=1S/C19H28N2O2/c1-15-8-11-21(12-9-15)13-18(22)20-14-19(23)10-4-6-16-5-2-3-7-17(16)19/h2-3,5,7,15,23H,4,6,8-14H2,1H3,(H,20,22). The molecule has 1 fully saturated rings. The third kappa shape index (κ3) is 3.93. The summed E-state index contributed by atoms with van der Waals surface area (Å²) in [6, 6.07) is 8.05. The molecule has 4 nitrogen and oxygen atoms in total. The lowest BCUT2D eigenvalue weighted by atomic mass is 9.79. The molecule has 1 aliphatic carbocycles. The first-order valence-corrected chi connectivity index (χ1v) is 8.87. The van der Waals surface area contributed by atoms with E-state index >= 15 is 0 Å². The number of nitrogens with one attached hydrogen (secondary N) is 1. The second kappa shape index (κ2) is 7.02. The predicted molar refractivity (Wildman–Crippen MR) is 91.1 cm³/mol. The highest BCUT2D eigenvalue weighted by molar-refractivity contribution is 5.78. The summed E-state index contributed by atoms with van der Waals surface area (Å²) < 4.78 is 0. The van der Waals surface area contributed by atoms with Crippen LogP contribution < -0.4 is 5.32 Å². The molecule has 0 bridgehead atoms. The molecule has 1 aliphatic heterocycles. The fourth-order valence-electron chi connectivity index (χ4n) is 3.81. The van der Waals surface area contributed by atoms with E-state index in [9.17, 15) is 9.90 Å². The molecule has 0 aromatic heterocycles. The fraction of sp³-hybridized carbons (Fsp3) is 0.632. The molecule has 1 amide bonds. The highest BCUT2D eigenvalue weighted by Gasteiger charge is 2.34. The lowest BCUT2D eigenvalue weighted by molar-refractivity contribution is -0.124. The summed E-state index contributed by atoms with van der Waals surface area (Å²) in [5.74, 6) is 0.796. The Morgan fingerprint density at radius 3 is 2.87 bits per heavy atom. The Kier molecular flexibility index (Phi) is 5.02. The van der Waals surface area contributed by atoms with E-state index in [4.69, 9.17) is 0 Å². The molecule has 2 N–H and O–H groups in total. The summed E-state index contributed by atoms with van der Waals surface area (Å²) in [5.41, 5.74) is 1.28. The Morgan fingerprint density at radius 1 is 1.35 bits per heavy atom. The van der Waals surface area contributed by atoms with Crippen LogP contribution in [0.3, 0.4) is 0 Å². The number of carbonyl (C=O) groups is 1. The molecule has 3 rings (SSSR count). The van der Waals surface area contributed by atoms with Crippen LogP contribution in [0.4, 0.5) is 0 Å². The van der Waals surface area contributed by atoms with E-state index < -0.39 is 5.60 Å². The zero-order valence-electron chi connectivity index (χ0n) is 14.1. The number of rotatable bonds is 4. The number of hydrogen-bond donors (Lipinski definition) is 2. The highest BCUT2D eigenvalue weighted by Crippen LogP contribution is 2.34. The second-order valence-corrected chi connectivity index (χ2v) is 7.28. The minimum absolute atomic E-state index is 0.0241. The van der Waals surface area contributed by atoms with Gasteiger partial charge in [-0.3, -0.25) is 9.69 Å². The van der Waals surface area contributed by atoms with Crippen LogP contribution in [0.25, 0.3) is 0 Å². The molecular formula is C19H28N2O2. The third-order valence-electron chi connectivity index (χ3n) is 5.38. The summed E-state index contributed by atoms with van der Waals surface area (Å²) in [5, 5.41) is 13.9. The van der Waals surface area contributed by atoms with Gasteiger partial charge >= 0.3 is 0 Å². The van der Waals surface area contributed by atoms with Gasteiger partial charge in [0.15, 0.2) is 0 Å². The Hall–Kier alpha value is -1.39. The van der Waals surface area contributed by atoms with Crippen LogP contribution in [0.15, 0.2) is 24.3 Å². The zero-order chi connectivity index (χ0) is 16.3. The maximum atomic E-state index is 12.2. The van der Waals surface area contributed by atoms with Gasteiger partial charge in [0.1, 0.15) is 5.60 Å². The first-order valence-electron chi connectivity index (χ1n) is 8.87. The van der Waals surface area contributed by atoms with Crippen molar-refractivity contribution in [2.45, 2.75) is 44.6 Å². The molecule has 23 heavy (non-hydrogen) atoms. The Balaban J connectivity index is 1.55. The Morgan fingerprint density at radius 2 is 2.09 bits per heavy atom. The molecule has 1 aromatic rings. The minimum Gasteiger partial charge on any atom is -0.383 e. The molecule has 1 saturated heterocycles. The van der Waals surface area contributed by atoms with Crippen molar-refractivity contribution < 1.29 is 9.90 Å². The van der Waals surface area contributed by atoms with Crippen molar-refractivity contribution in [2.75, 3.05) is 26.2 Å². The van der Waals surface area contributed by atoms with E-state index in [-0.39, 0.29) is 5.91 Å². The number of benzene rings is 1.